The first-order valence-corrected chi connectivity index (χ1v) is 15.0. The number of amidine groups is 1. The molecule has 1 saturated carbocycles. The van der Waals surface area contributed by atoms with E-state index in [0.29, 0.717) is 37.4 Å². The SMILES string of the molecule is CC(C)/C(N)=N/C(=O)N1CCC(COc2ccc(C3=CCC(C(=O)N4CCN(C5CC5)CC4)CC3)cc2)CC1. The topological polar surface area (TPSA) is 91.5 Å². The number of aliphatic imine (C=N–C) groups is 1. The Bertz CT molecular complexity index is 1060. The zero-order valence-electron chi connectivity index (χ0n) is 23.7. The van der Waals surface area contributed by atoms with Crippen LogP contribution in [0.3, 0.4) is 0 Å². The van der Waals surface area contributed by atoms with Crippen LogP contribution in [0.15, 0.2) is 35.3 Å². The summed E-state index contributed by atoms with van der Waals surface area (Å²) in [6, 6.07) is 8.95. The van der Waals surface area contributed by atoms with Crippen molar-refractivity contribution in [3.8, 4) is 5.75 Å². The molecule has 4 aliphatic rings. The van der Waals surface area contributed by atoms with Gasteiger partial charge in [-0.25, -0.2) is 4.79 Å². The van der Waals surface area contributed by atoms with E-state index in [4.69, 9.17) is 10.5 Å². The van der Waals surface area contributed by atoms with E-state index < -0.39 is 0 Å². The maximum atomic E-state index is 13.1. The Hall–Kier alpha value is -2.87. The molecule has 2 aliphatic carbocycles. The number of nitrogens with two attached hydrogens (primary N) is 1. The van der Waals surface area contributed by atoms with E-state index in [2.05, 4.69) is 45.1 Å². The first kappa shape index (κ1) is 27.7. The average Bonchev–Trinajstić information content (AvgIpc) is 3.82. The molecule has 8 heteroatoms. The molecule has 212 valence electrons. The molecule has 1 aromatic rings. The lowest BCUT2D eigenvalue weighted by molar-refractivity contribution is -0.137. The smallest absolute Gasteiger partial charge is 0.345 e. The van der Waals surface area contributed by atoms with Crippen LogP contribution in [-0.2, 0) is 4.79 Å². The van der Waals surface area contributed by atoms with Crippen LogP contribution in [0.4, 0.5) is 4.79 Å². The van der Waals surface area contributed by atoms with Crippen molar-refractivity contribution in [2.45, 2.75) is 64.8 Å². The fraction of sp³-hybridized carbons (Fsp3) is 0.645. The van der Waals surface area contributed by atoms with E-state index in [1.165, 1.54) is 24.0 Å². The highest BCUT2D eigenvalue weighted by Gasteiger charge is 2.34. The van der Waals surface area contributed by atoms with Gasteiger partial charge in [0, 0.05) is 57.1 Å². The lowest BCUT2D eigenvalue weighted by Gasteiger charge is -2.37. The van der Waals surface area contributed by atoms with Gasteiger partial charge in [0.25, 0.3) is 0 Å². The second-order valence-electron chi connectivity index (χ2n) is 12.0. The fourth-order valence-corrected chi connectivity index (χ4v) is 5.91. The van der Waals surface area contributed by atoms with Crippen molar-refractivity contribution < 1.29 is 14.3 Å². The van der Waals surface area contributed by atoms with Crippen molar-refractivity contribution in [3.05, 3.63) is 35.9 Å². The Morgan fingerprint density at radius 1 is 0.949 bits per heavy atom. The number of rotatable bonds is 7. The number of hydrogen-bond acceptors (Lipinski definition) is 4. The van der Waals surface area contributed by atoms with E-state index >= 15 is 0 Å². The average molecular weight is 536 g/mol. The van der Waals surface area contributed by atoms with Gasteiger partial charge in [-0.3, -0.25) is 9.69 Å². The summed E-state index contributed by atoms with van der Waals surface area (Å²) >= 11 is 0. The minimum atomic E-state index is -0.226. The number of nitrogens with zero attached hydrogens (tertiary/aromatic N) is 4. The summed E-state index contributed by atoms with van der Waals surface area (Å²) in [5, 5.41) is 0. The molecule has 8 nitrogen and oxygen atoms in total. The van der Waals surface area contributed by atoms with Crippen LogP contribution >= 0.6 is 0 Å². The van der Waals surface area contributed by atoms with E-state index in [9.17, 15) is 9.59 Å². The summed E-state index contributed by atoms with van der Waals surface area (Å²) in [5.41, 5.74) is 8.40. The highest BCUT2D eigenvalue weighted by atomic mass is 16.5. The van der Waals surface area contributed by atoms with Crippen molar-refractivity contribution in [2.75, 3.05) is 45.9 Å². The molecule has 39 heavy (non-hydrogen) atoms. The van der Waals surface area contributed by atoms with Crippen molar-refractivity contribution in [3.63, 3.8) is 0 Å². The highest BCUT2D eigenvalue weighted by Crippen LogP contribution is 2.33. The number of carbonyl (C=O) groups is 2. The van der Waals surface area contributed by atoms with Crippen LogP contribution in [-0.4, -0.2) is 84.4 Å². The van der Waals surface area contributed by atoms with Crippen molar-refractivity contribution in [2.24, 2.45) is 28.5 Å². The number of piperidine rings is 1. The van der Waals surface area contributed by atoms with E-state index in [1.807, 2.05) is 13.8 Å². The number of amides is 3. The highest BCUT2D eigenvalue weighted by molar-refractivity contribution is 5.93. The number of ether oxygens (including phenoxy) is 1. The number of hydrogen-bond donors (Lipinski definition) is 1. The van der Waals surface area contributed by atoms with Crippen molar-refractivity contribution >= 4 is 23.3 Å². The van der Waals surface area contributed by atoms with Gasteiger partial charge in [0.15, 0.2) is 0 Å². The van der Waals surface area contributed by atoms with Crippen molar-refractivity contribution in [1.82, 2.24) is 14.7 Å². The molecule has 0 radical (unpaired) electrons. The van der Waals surface area contributed by atoms with Crippen molar-refractivity contribution in [1.29, 1.82) is 0 Å². The quantitative estimate of drug-likeness (QED) is 0.413. The molecular formula is C31H45N5O3. The molecule has 0 aromatic heterocycles. The monoisotopic (exact) mass is 535 g/mol. The minimum Gasteiger partial charge on any atom is -0.493 e. The Morgan fingerprint density at radius 2 is 1.64 bits per heavy atom. The maximum Gasteiger partial charge on any atom is 0.345 e. The molecule has 2 N–H and O–H groups in total. The van der Waals surface area contributed by atoms with Crippen LogP contribution in [0.2, 0.25) is 0 Å². The van der Waals surface area contributed by atoms with E-state index in [-0.39, 0.29) is 17.9 Å². The maximum absolute atomic E-state index is 13.1. The summed E-state index contributed by atoms with van der Waals surface area (Å²) in [7, 11) is 0. The summed E-state index contributed by atoms with van der Waals surface area (Å²) in [4.78, 5) is 35.9. The molecule has 5 rings (SSSR count). The number of likely N-dealkylation sites (tertiary alicyclic amines) is 1. The number of piperazine rings is 1. The molecule has 0 bridgehead atoms. The molecule has 0 spiro atoms. The van der Waals surface area contributed by atoms with Crippen LogP contribution in [0, 0.1) is 17.8 Å². The van der Waals surface area contributed by atoms with Gasteiger partial charge in [0.1, 0.15) is 11.6 Å². The number of urea groups is 1. The molecule has 1 aromatic carbocycles. The second kappa shape index (κ2) is 12.5. The summed E-state index contributed by atoms with van der Waals surface area (Å²) in [5.74, 6) is 2.25. The molecule has 1 unspecified atom stereocenters. The van der Waals surface area contributed by atoms with Gasteiger partial charge in [-0.1, -0.05) is 32.1 Å². The van der Waals surface area contributed by atoms with Gasteiger partial charge < -0.3 is 20.3 Å². The van der Waals surface area contributed by atoms with Crippen LogP contribution < -0.4 is 10.5 Å². The standard InChI is InChI=1S/C31H45N5O3/c1-22(2)29(32)33-31(38)36-15-13-23(14-16-36)21-39-28-11-7-25(8-12-28)24-3-5-26(6-4-24)30(37)35-19-17-34(18-20-35)27-9-10-27/h3,7-8,11-12,22-23,26-27H,4-6,9-10,13-21H2,1-2H3,(H2,32,33,38). The third kappa shape index (κ3) is 7.21. The summed E-state index contributed by atoms with van der Waals surface area (Å²) in [6.07, 6.45) is 9.48. The second-order valence-corrected chi connectivity index (χ2v) is 12.0. The third-order valence-electron chi connectivity index (χ3n) is 8.86. The molecular weight excluding hydrogens is 490 g/mol. The van der Waals surface area contributed by atoms with E-state index in [1.54, 1.807) is 4.90 Å². The predicted octanol–water partition coefficient (Wildman–Crippen LogP) is 4.40. The number of benzene rings is 1. The number of carbonyl (C=O) groups excluding carboxylic acids is 2. The molecule has 3 amide bonds. The van der Waals surface area contributed by atoms with Gasteiger partial charge in [-0.05, 0) is 74.1 Å². The molecule has 2 saturated heterocycles. The normalized spacial score (nSPS) is 23.6. The van der Waals surface area contributed by atoms with Crippen LogP contribution in [0.1, 0.15) is 64.4 Å². The van der Waals surface area contributed by atoms with Gasteiger partial charge >= 0.3 is 6.03 Å². The molecule has 1 atom stereocenters. The zero-order chi connectivity index (χ0) is 27.4. The first-order valence-electron chi connectivity index (χ1n) is 15.0. The van der Waals surface area contributed by atoms with Gasteiger partial charge in [0.05, 0.1) is 6.61 Å². The Balaban J connectivity index is 1.03. The Labute approximate surface area is 233 Å². The van der Waals surface area contributed by atoms with Crippen LogP contribution in [0.5, 0.6) is 5.75 Å². The largest absolute Gasteiger partial charge is 0.493 e. The predicted molar refractivity (Wildman–Crippen MR) is 155 cm³/mol. The third-order valence-corrected chi connectivity index (χ3v) is 8.86. The minimum absolute atomic E-state index is 0.0737. The Kier molecular flexibility index (Phi) is 8.90. The van der Waals surface area contributed by atoms with Crippen LogP contribution in [0.25, 0.3) is 5.57 Å². The van der Waals surface area contributed by atoms with Gasteiger partial charge in [-0.2, -0.15) is 4.99 Å². The molecule has 2 aliphatic heterocycles. The lowest BCUT2D eigenvalue weighted by atomic mass is 9.85. The zero-order valence-corrected chi connectivity index (χ0v) is 23.7. The summed E-state index contributed by atoms with van der Waals surface area (Å²) in [6.45, 7) is 9.77. The molecule has 3 fully saturated rings. The van der Waals surface area contributed by atoms with Gasteiger partial charge in [0.2, 0.25) is 5.91 Å². The van der Waals surface area contributed by atoms with E-state index in [0.717, 1.165) is 70.1 Å². The molecule has 2 heterocycles. The Morgan fingerprint density at radius 3 is 2.23 bits per heavy atom. The lowest BCUT2D eigenvalue weighted by Crippen LogP contribution is -2.51. The number of allylic oxidation sites excluding steroid dienone is 2. The first-order chi connectivity index (χ1) is 18.9. The van der Waals surface area contributed by atoms with Gasteiger partial charge in [-0.15, -0.1) is 0 Å². The fourth-order valence-electron chi connectivity index (χ4n) is 5.91. The summed E-state index contributed by atoms with van der Waals surface area (Å²) < 4.78 is 6.10.